The number of pyridine rings is 3. The molecule has 2 atom stereocenters. The summed E-state index contributed by atoms with van der Waals surface area (Å²) in [6.07, 6.45) is -0.158. The van der Waals surface area contributed by atoms with Crippen LogP contribution in [0.25, 0.3) is 22.2 Å². The number of rotatable bonds is 6. The predicted octanol–water partition coefficient (Wildman–Crippen LogP) is 4.65. The SMILES string of the molecule is COc1nc([C@@H](C)F)ccc1-c1ccc2cnc(CNC(=O)c3cc(F)c4c(c3)S(=O)(=O)[C@@H](F)CCO4)cc2n1. The maximum Gasteiger partial charge on any atom is 0.251 e. The van der Waals surface area contributed by atoms with Gasteiger partial charge in [-0.25, -0.2) is 31.6 Å². The van der Waals surface area contributed by atoms with E-state index >= 15 is 0 Å². The number of fused-ring (bicyclic) bond motifs is 2. The zero-order valence-corrected chi connectivity index (χ0v) is 22.1. The minimum Gasteiger partial charge on any atom is -0.489 e. The lowest BCUT2D eigenvalue weighted by atomic mass is 10.1. The zero-order chi connectivity index (χ0) is 28.6. The molecule has 0 spiro atoms. The third kappa shape index (κ3) is 5.16. The lowest BCUT2D eigenvalue weighted by molar-refractivity contribution is 0.0949. The molecule has 1 aliphatic heterocycles. The summed E-state index contributed by atoms with van der Waals surface area (Å²) in [6.45, 7) is 0.967. The van der Waals surface area contributed by atoms with E-state index in [0.29, 0.717) is 27.9 Å². The predicted molar refractivity (Wildman–Crippen MR) is 139 cm³/mol. The summed E-state index contributed by atoms with van der Waals surface area (Å²) < 4.78 is 77.9. The fraction of sp³-hybridized carbons (Fsp3) is 0.259. The topological polar surface area (TPSA) is 120 Å². The molecule has 1 aromatic carbocycles. The molecule has 1 amide bonds. The van der Waals surface area contributed by atoms with Gasteiger partial charge in [0.25, 0.3) is 5.91 Å². The zero-order valence-electron chi connectivity index (χ0n) is 21.3. The Labute approximate surface area is 227 Å². The Morgan fingerprint density at radius 2 is 2.00 bits per heavy atom. The molecule has 208 valence electrons. The smallest absolute Gasteiger partial charge is 0.251 e. The highest BCUT2D eigenvalue weighted by Crippen LogP contribution is 2.35. The number of carbonyl (C=O) groups excluding carboxylic acids is 1. The van der Waals surface area contributed by atoms with Crippen molar-refractivity contribution in [3.8, 4) is 22.9 Å². The van der Waals surface area contributed by atoms with E-state index in [-0.39, 0.29) is 30.3 Å². The first-order valence-corrected chi connectivity index (χ1v) is 13.7. The normalized spacial score (nSPS) is 16.9. The second-order valence-electron chi connectivity index (χ2n) is 9.03. The maximum atomic E-state index is 14.6. The fourth-order valence-electron chi connectivity index (χ4n) is 4.20. The Morgan fingerprint density at radius 3 is 2.75 bits per heavy atom. The summed E-state index contributed by atoms with van der Waals surface area (Å²) in [5, 5.41) is 3.27. The summed E-state index contributed by atoms with van der Waals surface area (Å²) in [4.78, 5) is 25.2. The highest BCUT2D eigenvalue weighted by molar-refractivity contribution is 7.92. The van der Waals surface area contributed by atoms with Crippen LogP contribution in [0.5, 0.6) is 11.6 Å². The van der Waals surface area contributed by atoms with Crippen LogP contribution < -0.4 is 14.8 Å². The molecule has 13 heteroatoms. The summed E-state index contributed by atoms with van der Waals surface area (Å²) in [5.41, 5.74) is -0.336. The number of ether oxygens (including phenoxy) is 2. The Balaban J connectivity index is 1.39. The van der Waals surface area contributed by atoms with Crippen molar-refractivity contribution in [2.24, 2.45) is 0 Å². The van der Waals surface area contributed by atoms with Crippen molar-refractivity contribution in [2.75, 3.05) is 13.7 Å². The molecule has 9 nitrogen and oxygen atoms in total. The van der Waals surface area contributed by atoms with E-state index in [1.807, 2.05) is 0 Å². The standard InChI is InChI=1S/C27H23F3N4O5S/c1-14(28)20-6-4-18(27(34-20)38-2)21-5-3-15-12-31-17(11-22(15)33-21)13-32-26(35)16-9-19(29)25-23(10-16)40(36,37)24(30)7-8-39-25/h3-6,9-12,14,24H,7-8,13H2,1-2H3,(H,32,35)/t14-,24-/m1/s1. The molecule has 0 saturated heterocycles. The van der Waals surface area contributed by atoms with Crippen LogP contribution in [0.1, 0.15) is 41.3 Å². The summed E-state index contributed by atoms with van der Waals surface area (Å²) in [5.74, 6) is -2.26. The van der Waals surface area contributed by atoms with Gasteiger partial charge in [0.05, 0.1) is 48.4 Å². The van der Waals surface area contributed by atoms with Gasteiger partial charge < -0.3 is 14.8 Å². The number of nitrogens with zero attached hydrogens (tertiary/aromatic N) is 3. The lowest BCUT2D eigenvalue weighted by Gasteiger charge is -2.12. The molecule has 0 radical (unpaired) electrons. The molecule has 0 aliphatic carbocycles. The van der Waals surface area contributed by atoms with Crippen molar-refractivity contribution in [1.29, 1.82) is 0 Å². The molecule has 5 rings (SSSR count). The maximum absolute atomic E-state index is 14.6. The molecule has 40 heavy (non-hydrogen) atoms. The van der Waals surface area contributed by atoms with Gasteiger partial charge in [-0.2, -0.15) is 0 Å². The second kappa shape index (κ2) is 10.7. The van der Waals surface area contributed by atoms with E-state index < -0.39 is 50.3 Å². The van der Waals surface area contributed by atoms with Crippen LogP contribution in [-0.2, 0) is 16.4 Å². The third-order valence-corrected chi connectivity index (χ3v) is 8.15. The Kier molecular flexibility index (Phi) is 7.32. The number of sulfone groups is 1. The van der Waals surface area contributed by atoms with Gasteiger partial charge in [-0.1, -0.05) is 0 Å². The van der Waals surface area contributed by atoms with Gasteiger partial charge >= 0.3 is 0 Å². The summed E-state index contributed by atoms with van der Waals surface area (Å²) in [6, 6.07) is 10.1. The number of hydrogen-bond acceptors (Lipinski definition) is 8. The molecule has 1 aliphatic rings. The van der Waals surface area contributed by atoms with Crippen LogP contribution >= 0.6 is 0 Å². The number of nitrogens with one attached hydrogen (secondary N) is 1. The number of amides is 1. The average molecular weight is 573 g/mol. The van der Waals surface area contributed by atoms with Gasteiger partial charge in [0.1, 0.15) is 11.1 Å². The molecule has 4 aromatic rings. The first kappa shape index (κ1) is 27.3. The van der Waals surface area contributed by atoms with Crippen molar-refractivity contribution in [3.05, 3.63) is 71.4 Å². The molecule has 4 heterocycles. The quantitative estimate of drug-likeness (QED) is 0.355. The van der Waals surface area contributed by atoms with Crippen molar-refractivity contribution >= 4 is 26.6 Å². The Bertz CT molecular complexity index is 1730. The van der Waals surface area contributed by atoms with E-state index in [1.54, 1.807) is 36.5 Å². The van der Waals surface area contributed by atoms with E-state index in [2.05, 4.69) is 20.3 Å². The summed E-state index contributed by atoms with van der Waals surface area (Å²) in [7, 11) is -3.10. The van der Waals surface area contributed by atoms with Crippen LogP contribution in [0.4, 0.5) is 13.2 Å². The van der Waals surface area contributed by atoms with Gasteiger partial charge in [0, 0.05) is 23.6 Å². The minimum atomic E-state index is -4.53. The van der Waals surface area contributed by atoms with Crippen molar-refractivity contribution < 1.29 is 35.9 Å². The molecule has 3 aromatic heterocycles. The second-order valence-corrected chi connectivity index (χ2v) is 11.1. The number of benzene rings is 1. The van der Waals surface area contributed by atoms with Gasteiger partial charge in [0.2, 0.25) is 21.2 Å². The van der Waals surface area contributed by atoms with Crippen molar-refractivity contribution in [3.63, 3.8) is 0 Å². The number of halogens is 3. The molecule has 0 saturated carbocycles. The number of aromatic nitrogens is 3. The van der Waals surface area contributed by atoms with Crippen LogP contribution in [0.15, 0.2) is 53.6 Å². The van der Waals surface area contributed by atoms with Gasteiger partial charge in [-0.3, -0.25) is 9.78 Å². The van der Waals surface area contributed by atoms with Crippen molar-refractivity contribution in [1.82, 2.24) is 20.3 Å². The lowest BCUT2D eigenvalue weighted by Crippen LogP contribution is -2.24. The third-order valence-electron chi connectivity index (χ3n) is 6.33. The first-order valence-electron chi connectivity index (χ1n) is 12.2. The Hall–Kier alpha value is -4.26. The first-order chi connectivity index (χ1) is 19.1. The van der Waals surface area contributed by atoms with Crippen LogP contribution in [-0.4, -0.2) is 48.5 Å². The highest BCUT2D eigenvalue weighted by Gasteiger charge is 2.35. The molecular weight excluding hydrogens is 549 g/mol. The largest absolute Gasteiger partial charge is 0.489 e. The number of methoxy groups -OCH3 is 1. The van der Waals surface area contributed by atoms with Crippen LogP contribution in [0.2, 0.25) is 0 Å². The van der Waals surface area contributed by atoms with Crippen LogP contribution in [0, 0.1) is 5.82 Å². The summed E-state index contributed by atoms with van der Waals surface area (Å²) >= 11 is 0. The van der Waals surface area contributed by atoms with E-state index in [1.165, 1.54) is 14.0 Å². The highest BCUT2D eigenvalue weighted by atomic mass is 32.2. The minimum absolute atomic E-state index is 0.0949. The Morgan fingerprint density at radius 1 is 1.20 bits per heavy atom. The fourth-order valence-corrected chi connectivity index (χ4v) is 5.59. The monoisotopic (exact) mass is 572 g/mol. The van der Waals surface area contributed by atoms with Crippen molar-refractivity contribution in [2.45, 2.75) is 36.5 Å². The molecule has 0 fully saturated rings. The molecule has 0 bridgehead atoms. The van der Waals surface area contributed by atoms with Gasteiger partial charge in [0.15, 0.2) is 11.6 Å². The molecule has 0 unspecified atom stereocenters. The van der Waals surface area contributed by atoms with E-state index in [4.69, 9.17) is 9.47 Å². The van der Waals surface area contributed by atoms with Gasteiger partial charge in [-0.15, -0.1) is 0 Å². The van der Waals surface area contributed by atoms with E-state index in [0.717, 1.165) is 12.1 Å². The number of carbonyl (C=O) groups is 1. The van der Waals surface area contributed by atoms with Crippen LogP contribution in [0.3, 0.4) is 0 Å². The molecule has 1 N–H and O–H groups in total. The van der Waals surface area contributed by atoms with Gasteiger partial charge in [-0.05, 0) is 49.4 Å². The van der Waals surface area contributed by atoms with E-state index in [9.17, 15) is 26.4 Å². The average Bonchev–Trinajstić information content (AvgIpc) is 3.06. The number of hydrogen-bond donors (Lipinski definition) is 1. The molecular formula is C27H23F3N4O5S. The number of alkyl halides is 2.